The zero-order valence-electron chi connectivity index (χ0n) is 9.79. The highest BCUT2D eigenvalue weighted by Gasteiger charge is 2.06. The monoisotopic (exact) mass is 203 g/mol. The molecule has 3 nitrogen and oxygen atoms in total. The highest BCUT2D eigenvalue weighted by molar-refractivity contribution is 4.56. The summed E-state index contributed by atoms with van der Waals surface area (Å²) < 4.78 is 16.2. The van der Waals surface area contributed by atoms with Gasteiger partial charge in [-0.25, -0.2) is 0 Å². The number of hydrogen-bond acceptors (Lipinski definition) is 3. The molecule has 0 bridgehead atoms. The fraction of sp³-hybridized carbons (Fsp3) is 0.909. The van der Waals surface area contributed by atoms with Crippen LogP contribution in [0.1, 0.15) is 27.7 Å². The number of rotatable bonds is 8. The van der Waals surface area contributed by atoms with Crippen molar-refractivity contribution in [2.75, 3.05) is 19.8 Å². The molecule has 0 spiro atoms. The van der Waals surface area contributed by atoms with E-state index in [9.17, 15) is 0 Å². The van der Waals surface area contributed by atoms with Gasteiger partial charge < -0.3 is 14.2 Å². The summed E-state index contributed by atoms with van der Waals surface area (Å²) in [5.41, 5.74) is 0. The molecule has 0 aromatic heterocycles. The molecule has 0 aliphatic rings. The van der Waals surface area contributed by atoms with E-state index in [1.165, 1.54) is 0 Å². The Morgan fingerprint density at radius 3 is 2.14 bits per heavy atom. The minimum Gasteiger partial charge on any atom is -0.376 e. The van der Waals surface area contributed by atoms with Crippen molar-refractivity contribution in [3.8, 4) is 0 Å². The summed E-state index contributed by atoms with van der Waals surface area (Å²) in [6.07, 6.45) is 0.263. The van der Waals surface area contributed by atoms with Gasteiger partial charge in [0.15, 0.2) is 0 Å². The van der Waals surface area contributed by atoms with Crippen LogP contribution in [0.25, 0.3) is 0 Å². The summed E-state index contributed by atoms with van der Waals surface area (Å²) in [5, 5.41) is 0. The summed E-state index contributed by atoms with van der Waals surface area (Å²) >= 11 is 0. The number of ether oxygens (including phenoxy) is 3. The fourth-order valence-electron chi connectivity index (χ4n) is 1.17. The molecule has 85 valence electrons. The lowest BCUT2D eigenvalue weighted by atomic mass is 10.4. The van der Waals surface area contributed by atoms with Gasteiger partial charge in [0, 0.05) is 6.61 Å². The molecule has 0 aromatic carbocycles. The Bertz CT molecular complexity index is 126. The molecule has 0 saturated carbocycles. The summed E-state index contributed by atoms with van der Waals surface area (Å²) in [6.45, 7) is 13.6. The van der Waals surface area contributed by atoms with Crippen molar-refractivity contribution in [2.24, 2.45) is 0 Å². The van der Waals surface area contributed by atoms with E-state index in [1.54, 1.807) is 0 Å². The minimum absolute atomic E-state index is 0.0120. The Labute approximate surface area is 87.7 Å². The van der Waals surface area contributed by atoms with Crippen molar-refractivity contribution >= 4 is 0 Å². The van der Waals surface area contributed by atoms with Crippen molar-refractivity contribution in [1.82, 2.24) is 0 Å². The van der Waals surface area contributed by atoms with Crippen LogP contribution in [0.15, 0.2) is 0 Å². The second-order valence-electron chi connectivity index (χ2n) is 3.56. The standard InChI is InChI=1S/C11H23O3/c1-6-13-10(4)7-12-8-11(5)14-9(2)3/h9-11H,2,6-8H2,1,3-5H3. The molecule has 3 unspecified atom stereocenters. The van der Waals surface area contributed by atoms with Crippen molar-refractivity contribution in [3.05, 3.63) is 6.92 Å². The molecule has 0 heterocycles. The van der Waals surface area contributed by atoms with Crippen molar-refractivity contribution in [1.29, 1.82) is 0 Å². The van der Waals surface area contributed by atoms with Gasteiger partial charge in [-0.3, -0.25) is 0 Å². The van der Waals surface area contributed by atoms with Gasteiger partial charge in [-0.2, -0.15) is 0 Å². The zero-order chi connectivity index (χ0) is 11.0. The maximum Gasteiger partial charge on any atom is 0.0784 e. The highest BCUT2D eigenvalue weighted by atomic mass is 16.6. The fourth-order valence-corrected chi connectivity index (χ4v) is 1.17. The average molecular weight is 203 g/mol. The lowest BCUT2D eigenvalue weighted by Crippen LogP contribution is -2.23. The first-order valence-corrected chi connectivity index (χ1v) is 5.24. The lowest BCUT2D eigenvalue weighted by molar-refractivity contribution is -0.0549. The SMILES string of the molecule is [CH2]C(C)OC(C)COCC(C)OCC. The maximum atomic E-state index is 5.43. The lowest BCUT2D eigenvalue weighted by Gasteiger charge is -2.17. The molecule has 3 heteroatoms. The van der Waals surface area contributed by atoms with Crippen LogP contribution in [0.4, 0.5) is 0 Å². The summed E-state index contributed by atoms with van der Waals surface area (Å²) in [7, 11) is 0. The molecular formula is C11H23O3. The van der Waals surface area contributed by atoms with Gasteiger partial charge >= 0.3 is 0 Å². The Morgan fingerprint density at radius 2 is 1.64 bits per heavy atom. The van der Waals surface area contributed by atoms with Crippen LogP contribution in [0.5, 0.6) is 0 Å². The van der Waals surface area contributed by atoms with Crippen LogP contribution in [0.3, 0.4) is 0 Å². The van der Waals surface area contributed by atoms with Crippen LogP contribution in [-0.2, 0) is 14.2 Å². The first-order chi connectivity index (χ1) is 6.56. The summed E-state index contributed by atoms with van der Waals surface area (Å²) in [5.74, 6) is 0. The third kappa shape index (κ3) is 8.48. The molecule has 0 N–H and O–H groups in total. The van der Waals surface area contributed by atoms with Crippen LogP contribution in [-0.4, -0.2) is 38.1 Å². The molecule has 0 saturated heterocycles. The summed E-state index contributed by atoms with van der Waals surface area (Å²) in [6, 6.07) is 0. The predicted octanol–water partition coefficient (Wildman–Crippen LogP) is 2.06. The van der Waals surface area contributed by atoms with E-state index < -0.39 is 0 Å². The molecule has 14 heavy (non-hydrogen) atoms. The van der Waals surface area contributed by atoms with Crippen molar-refractivity contribution in [2.45, 2.75) is 46.0 Å². The van der Waals surface area contributed by atoms with Crippen LogP contribution in [0, 0.1) is 6.92 Å². The smallest absolute Gasteiger partial charge is 0.0784 e. The van der Waals surface area contributed by atoms with Gasteiger partial charge in [0.05, 0.1) is 31.5 Å². The molecule has 0 aromatic rings. The number of hydrogen-bond donors (Lipinski definition) is 0. The van der Waals surface area contributed by atoms with Gasteiger partial charge in [-0.05, 0) is 34.6 Å². The first kappa shape index (κ1) is 13.9. The molecule has 0 aliphatic carbocycles. The third-order valence-electron chi connectivity index (χ3n) is 1.62. The van der Waals surface area contributed by atoms with E-state index in [2.05, 4.69) is 6.92 Å². The molecule has 0 aliphatic heterocycles. The predicted molar refractivity (Wildman–Crippen MR) is 57.3 cm³/mol. The largest absolute Gasteiger partial charge is 0.376 e. The van der Waals surface area contributed by atoms with E-state index in [0.29, 0.717) is 13.2 Å². The normalized spacial score (nSPS) is 15.9. The molecule has 3 atom stereocenters. The zero-order valence-corrected chi connectivity index (χ0v) is 9.79. The van der Waals surface area contributed by atoms with Gasteiger partial charge in [0.2, 0.25) is 0 Å². The Morgan fingerprint density at radius 1 is 1.07 bits per heavy atom. The molecule has 0 amide bonds. The average Bonchev–Trinajstić information content (AvgIpc) is 2.02. The molecular weight excluding hydrogens is 180 g/mol. The second kappa shape index (κ2) is 8.21. The van der Waals surface area contributed by atoms with E-state index in [4.69, 9.17) is 14.2 Å². The van der Waals surface area contributed by atoms with E-state index >= 15 is 0 Å². The van der Waals surface area contributed by atoms with Gasteiger partial charge in [-0.1, -0.05) is 0 Å². The first-order valence-electron chi connectivity index (χ1n) is 5.24. The van der Waals surface area contributed by atoms with E-state index in [1.807, 2.05) is 27.7 Å². The van der Waals surface area contributed by atoms with Crippen LogP contribution < -0.4 is 0 Å². The van der Waals surface area contributed by atoms with Gasteiger partial charge in [-0.15, -0.1) is 0 Å². The van der Waals surface area contributed by atoms with Crippen LogP contribution in [0.2, 0.25) is 0 Å². The van der Waals surface area contributed by atoms with E-state index in [0.717, 1.165) is 6.61 Å². The van der Waals surface area contributed by atoms with Crippen molar-refractivity contribution in [3.63, 3.8) is 0 Å². The topological polar surface area (TPSA) is 27.7 Å². The van der Waals surface area contributed by atoms with Gasteiger partial charge in [0.1, 0.15) is 0 Å². The maximum absolute atomic E-state index is 5.43. The highest BCUT2D eigenvalue weighted by Crippen LogP contribution is 1.99. The van der Waals surface area contributed by atoms with Gasteiger partial charge in [0.25, 0.3) is 0 Å². The molecule has 0 fully saturated rings. The minimum atomic E-state index is 0.0120. The second-order valence-corrected chi connectivity index (χ2v) is 3.56. The summed E-state index contributed by atoms with van der Waals surface area (Å²) in [4.78, 5) is 0. The Balaban J connectivity index is 3.34. The van der Waals surface area contributed by atoms with Crippen molar-refractivity contribution < 1.29 is 14.2 Å². The Kier molecular flexibility index (Phi) is 8.14. The van der Waals surface area contributed by atoms with E-state index in [-0.39, 0.29) is 18.3 Å². The molecule has 1 radical (unpaired) electrons. The van der Waals surface area contributed by atoms with Crippen LogP contribution >= 0.6 is 0 Å². The molecule has 0 rings (SSSR count). The Hall–Kier alpha value is -0.120. The quantitative estimate of drug-likeness (QED) is 0.604. The third-order valence-corrected chi connectivity index (χ3v) is 1.62.